The molecule has 3 aliphatic rings. The van der Waals surface area contributed by atoms with Gasteiger partial charge in [0.05, 0.1) is 6.61 Å². The number of fused-ring (bicyclic) bond motifs is 3. The minimum Gasteiger partial charge on any atom is -0.393 e. The second-order valence-corrected chi connectivity index (χ2v) is 4.36. The van der Waals surface area contributed by atoms with E-state index in [0.29, 0.717) is 0 Å². The van der Waals surface area contributed by atoms with Crippen molar-refractivity contribution in [3.63, 3.8) is 0 Å². The van der Waals surface area contributed by atoms with Crippen LogP contribution in [-0.2, 0) is 14.2 Å². The number of hydrogen-bond acceptors (Lipinski definition) is 4. The van der Waals surface area contributed by atoms with Crippen molar-refractivity contribution in [3.8, 4) is 0 Å². The van der Waals surface area contributed by atoms with Gasteiger partial charge in [-0.1, -0.05) is 0 Å². The van der Waals surface area contributed by atoms with Gasteiger partial charge in [-0.05, 0) is 12.8 Å². The summed E-state index contributed by atoms with van der Waals surface area (Å²) in [5.74, 6) is 0. The van der Waals surface area contributed by atoms with Crippen molar-refractivity contribution < 1.29 is 19.3 Å². The van der Waals surface area contributed by atoms with Gasteiger partial charge in [-0.25, -0.2) is 0 Å². The molecule has 5 heteroatoms. The third kappa shape index (κ3) is 0.769. The third-order valence-electron chi connectivity index (χ3n) is 3.75. The van der Waals surface area contributed by atoms with Gasteiger partial charge in [-0.2, -0.15) is 0 Å². The second-order valence-electron chi connectivity index (χ2n) is 4.36. The molecule has 2 radical (unpaired) electrons. The molecule has 2 aliphatic heterocycles. The highest BCUT2D eigenvalue weighted by molar-refractivity contribution is 6.11. The Balaban J connectivity index is 2.01. The van der Waals surface area contributed by atoms with Gasteiger partial charge in [0, 0.05) is 13.1 Å². The molecule has 3 unspecified atom stereocenters. The zero-order valence-corrected chi connectivity index (χ0v) is 8.10. The van der Waals surface area contributed by atoms with Crippen LogP contribution in [0.5, 0.6) is 0 Å². The molecule has 2 bridgehead atoms. The van der Waals surface area contributed by atoms with E-state index in [1.165, 1.54) is 0 Å². The van der Waals surface area contributed by atoms with Crippen LogP contribution in [0.3, 0.4) is 0 Å². The summed E-state index contributed by atoms with van der Waals surface area (Å²) >= 11 is 0. The van der Waals surface area contributed by atoms with Gasteiger partial charge in [0.25, 0.3) is 0 Å². The van der Waals surface area contributed by atoms with Crippen LogP contribution >= 0.6 is 0 Å². The fourth-order valence-corrected chi connectivity index (χ4v) is 2.92. The summed E-state index contributed by atoms with van der Waals surface area (Å²) < 4.78 is 16.8. The monoisotopic (exact) mass is 196 g/mol. The Labute approximate surface area is 83.9 Å². The first-order valence-electron chi connectivity index (χ1n) is 4.94. The van der Waals surface area contributed by atoms with Crippen molar-refractivity contribution in [3.05, 3.63) is 0 Å². The van der Waals surface area contributed by atoms with E-state index in [2.05, 4.69) is 0 Å². The van der Waals surface area contributed by atoms with E-state index in [1.807, 2.05) is 0 Å². The van der Waals surface area contributed by atoms with E-state index in [9.17, 15) is 5.11 Å². The van der Waals surface area contributed by atoms with Crippen molar-refractivity contribution >= 4 is 7.85 Å². The standard InChI is InChI=1S/C9H13BO4/c1-12-6-5-7(10)14-9(6,4-11)8(13-5)2-3-8/h5-7,11H,2-4H2,1H3/t5?,6-,7?,9?/m1/s1. The molecule has 4 atom stereocenters. The summed E-state index contributed by atoms with van der Waals surface area (Å²) in [4.78, 5) is 0. The van der Waals surface area contributed by atoms with E-state index in [-0.39, 0.29) is 24.4 Å². The molecular weight excluding hydrogens is 183 g/mol. The summed E-state index contributed by atoms with van der Waals surface area (Å²) in [6, 6.07) is -0.474. The summed E-state index contributed by atoms with van der Waals surface area (Å²) in [5.41, 5.74) is -1.03. The lowest BCUT2D eigenvalue weighted by atomic mass is 9.89. The zero-order valence-electron chi connectivity index (χ0n) is 8.10. The van der Waals surface area contributed by atoms with Crippen LogP contribution in [-0.4, -0.2) is 56.1 Å². The molecule has 4 nitrogen and oxygen atoms in total. The molecule has 1 aliphatic carbocycles. The van der Waals surface area contributed by atoms with Crippen LogP contribution in [0.15, 0.2) is 0 Å². The Morgan fingerprint density at radius 2 is 2.21 bits per heavy atom. The van der Waals surface area contributed by atoms with E-state index in [4.69, 9.17) is 22.1 Å². The van der Waals surface area contributed by atoms with E-state index < -0.39 is 11.6 Å². The lowest BCUT2D eigenvalue weighted by molar-refractivity contribution is -0.194. The van der Waals surface area contributed by atoms with Crippen molar-refractivity contribution in [2.75, 3.05) is 13.7 Å². The Hall–Kier alpha value is -0.0951. The van der Waals surface area contributed by atoms with Gasteiger partial charge in [-0.3, -0.25) is 0 Å². The molecule has 0 aromatic heterocycles. The summed E-state index contributed by atoms with van der Waals surface area (Å²) in [7, 11) is 7.36. The highest BCUT2D eigenvalue weighted by Crippen LogP contribution is 2.62. The average molecular weight is 196 g/mol. The van der Waals surface area contributed by atoms with Crippen LogP contribution in [0.1, 0.15) is 12.8 Å². The molecule has 0 amide bonds. The smallest absolute Gasteiger partial charge is 0.148 e. The topological polar surface area (TPSA) is 47.9 Å². The van der Waals surface area contributed by atoms with Gasteiger partial charge in [0.2, 0.25) is 0 Å². The highest BCUT2D eigenvalue weighted by atomic mass is 16.7. The lowest BCUT2D eigenvalue weighted by Crippen LogP contribution is -2.53. The number of ether oxygens (including phenoxy) is 3. The molecule has 0 aromatic carbocycles. The maximum atomic E-state index is 9.50. The Bertz CT molecular complexity index is 268. The maximum Gasteiger partial charge on any atom is 0.148 e. The van der Waals surface area contributed by atoms with Gasteiger partial charge in [0.15, 0.2) is 0 Å². The predicted molar refractivity (Wildman–Crippen MR) is 48.1 cm³/mol. The molecule has 0 aromatic rings. The van der Waals surface area contributed by atoms with E-state index >= 15 is 0 Å². The molecule has 14 heavy (non-hydrogen) atoms. The molecule has 1 saturated carbocycles. The van der Waals surface area contributed by atoms with Gasteiger partial charge in [0.1, 0.15) is 31.3 Å². The van der Waals surface area contributed by atoms with E-state index in [0.717, 1.165) is 12.8 Å². The SMILES string of the molecule is [B]C1OC2(CO)[C@H](OC)C1OC21CC1. The molecule has 76 valence electrons. The molecule has 1 spiro atoms. The summed E-state index contributed by atoms with van der Waals surface area (Å²) in [6.45, 7) is -0.0876. The largest absolute Gasteiger partial charge is 0.393 e. The van der Waals surface area contributed by atoms with Crippen LogP contribution in [0, 0.1) is 0 Å². The molecule has 3 fully saturated rings. The van der Waals surface area contributed by atoms with Crippen LogP contribution < -0.4 is 0 Å². The number of aliphatic hydroxyl groups excluding tert-OH is 1. The van der Waals surface area contributed by atoms with Gasteiger partial charge in [-0.15, -0.1) is 0 Å². The number of methoxy groups -OCH3 is 1. The van der Waals surface area contributed by atoms with Crippen molar-refractivity contribution in [2.45, 2.75) is 42.3 Å². The Kier molecular flexibility index (Phi) is 1.65. The van der Waals surface area contributed by atoms with Crippen molar-refractivity contribution in [1.82, 2.24) is 0 Å². The summed E-state index contributed by atoms with van der Waals surface area (Å²) in [5, 5.41) is 9.50. The van der Waals surface area contributed by atoms with Crippen molar-refractivity contribution in [1.29, 1.82) is 0 Å². The quantitative estimate of drug-likeness (QED) is 0.586. The number of aliphatic hydroxyl groups is 1. The average Bonchev–Trinajstić information content (AvgIpc) is 2.82. The Morgan fingerprint density at radius 1 is 1.50 bits per heavy atom. The third-order valence-corrected chi connectivity index (χ3v) is 3.75. The first-order valence-corrected chi connectivity index (χ1v) is 4.94. The maximum absolute atomic E-state index is 9.50. The van der Waals surface area contributed by atoms with Gasteiger partial charge >= 0.3 is 0 Å². The minimum absolute atomic E-state index is 0.0876. The fourth-order valence-electron chi connectivity index (χ4n) is 2.92. The first kappa shape index (κ1) is 9.15. The predicted octanol–water partition coefficient (Wildman–Crippen LogP) is -0.811. The van der Waals surface area contributed by atoms with Crippen LogP contribution in [0.4, 0.5) is 0 Å². The molecule has 3 rings (SSSR count). The van der Waals surface area contributed by atoms with Crippen LogP contribution in [0.25, 0.3) is 0 Å². The zero-order chi connectivity index (χ0) is 9.97. The second kappa shape index (κ2) is 2.53. The molecule has 1 N–H and O–H groups in total. The molecule has 2 saturated heterocycles. The molecular formula is C9H13BO4. The minimum atomic E-state index is -0.716. The normalized spacial score (nSPS) is 52.9. The van der Waals surface area contributed by atoms with Crippen LogP contribution in [0.2, 0.25) is 0 Å². The Morgan fingerprint density at radius 3 is 2.71 bits per heavy atom. The summed E-state index contributed by atoms with van der Waals surface area (Å²) in [6.07, 6.45) is 1.40. The van der Waals surface area contributed by atoms with Crippen molar-refractivity contribution in [2.24, 2.45) is 0 Å². The fraction of sp³-hybridized carbons (Fsp3) is 1.00. The first-order chi connectivity index (χ1) is 6.69. The lowest BCUT2D eigenvalue weighted by Gasteiger charge is -2.36. The number of hydrogen-bond donors (Lipinski definition) is 1. The molecule has 2 heterocycles. The number of rotatable bonds is 2. The highest BCUT2D eigenvalue weighted by Gasteiger charge is 2.77. The van der Waals surface area contributed by atoms with E-state index in [1.54, 1.807) is 7.11 Å². The van der Waals surface area contributed by atoms with Gasteiger partial charge < -0.3 is 19.3 Å².